The first-order chi connectivity index (χ1) is 8.29. The summed E-state index contributed by atoms with van der Waals surface area (Å²) in [5, 5.41) is 0. The SMILES string of the molecule is COC(=O)COc1ccc(-n2cccc2)cc1. The van der Waals surface area contributed by atoms with Crippen molar-refractivity contribution in [3.05, 3.63) is 48.8 Å². The summed E-state index contributed by atoms with van der Waals surface area (Å²) in [5.41, 5.74) is 1.04. The zero-order valence-corrected chi connectivity index (χ0v) is 9.50. The van der Waals surface area contributed by atoms with Gasteiger partial charge in [0.05, 0.1) is 7.11 Å². The largest absolute Gasteiger partial charge is 0.482 e. The maximum absolute atomic E-state index is 10.9. The fraction of sp³-hybridized carbons (Fsp3) is 0.154. The number of esters is 1. The first-order valence-electron chi connectivity index (χ1n) is 5.22. The third-order valence-corrected chi connectivity index (χ3v) is 2.32. The van der Waals surface area contributed by atoms with Crippen molar-refractivity contribution in [1.29, 1.82) is 0 Å². The van der Waals surface area contributed by atoms with Crippen LogP contribution >= 0.6 is 0 Å². The van der Waals surface area contributed by atoms with E-state index in [1.807, 2.05) is 53.4 Å². The Labute approximate surface area is 99.4 Å². The van der Waals surface area contributed by atoms with Gasteiger partial charge in [0.1, 0.15) is 5.75 Å². The molecule has 0 unspecified atom stereocenters. The van der Waals surface area contributed by atoms with Gasteiger partial charge in [0.15, 0.2) is 6.61 Å². The molecule has 0 saturated heterocycles. The second-order valence-corrected chi connectivity index (χ2v) is 3.45. The van der Waals surface area contributed by atoms with Crippen LogP contribution in [-0.2, 0) is 9.53 Å². The molecule has 17 heavy (non-hydrogen) atoms. The molecule has 0 radical (unpaired) electrons. The quantitative estimate of drug-likeness (QED) is 0.756. The molecule has 0 atom stereocenters. The first kappa shape index (κ1) is 11.3. The van der Waals surface area contributed by atoms with E-state index < -0.39 is 0 Å². The normalized spacial score (nSPS) is 9.94. The smallest absolute Gasteiger partial charge is 0.343 e. The number of benzene rings is 1. The molecule has 1 aromatic carbocycles. The van der Waals surface area contributed by atoms with E-state index in [1.165, 1.54) is 7.11 Å². The van der Waals surface area contributed by atoms with Crippen molar-refractivity contribution in [1.82, 2.24) is 4.57 Å². The standard InChI is InChI=1S/C13H13NO3/c1-16-13(15)10-17-12-6-4-11(5-7-12)14-8-2-3-9-14/h2-9H,10H2,1H3. The van der Waals surface area contributed by atoms with Gasteiger partial charge in [-0.1, -0.05) is 0 Å². The lowest BCUT2D eigenvalue weighted by Gasteiger charge is -2.06. The minimum atomic E-state index is -0.389. The molecular weight excluding hydrogens is 218 g/mol. The lowest BCUT2D eigenvalue weighted by Crippen LogP contribution is -2.12. The van der Waals surface area contributed by atoms with Crippen LogP contribution in [0.15, 0.2) is 48.8 Å². The number of ether oxygens (including phenoxy) is 2. The monoisotopic (exact) mass is 231 g/mol. The molecule has 1 heterocycles. The zero-order valence-electron chi connectivity index (χ0n) is 9.50. The van der Waals surface area contributed by atoms with Gasteiger partial charge in [-0.05, 0) is 36.4 Å². The van der Waals surface area contributed by atoms with Crippen LogP contribution in [-0.4, -0.2) is 24.3 Å². The fourth-order valence-electron chi connectivity index (χ4n) is 1.42. The Hall–Kier alpha value is -2.23. The van der Waals surface area contributed by atoms with Gasteiger partial charge in [-0.3, -0.25) is 0 Å². The predicted molar refractivity (Wildman–Crippen MR) is 63.3 cm³/mol. The third-order valence-electron chi connectivity index (χ3n) is 2.32. The number of aromatic nitrogens is 1. The lowest BCUT2D eigenvalue weighted by molar-refractivity contribution is -0.142. The van der Waals surface area contributed by atoms with Crippen molar-refractivity contribution < 1.29 is 14.3 Å². The molecule has 0 amide bonds. The number of carbonyl (C=O) groups is 1. The second-order valence-electron chi connectivity index (χ2n) is 3.45. The molecule has 0 aliphatic rings. The van der Waals surface area contributed by atoms with Crippen LogP contribution in [0.3, 0.4) is 0 Å². The van der Waals surface area contributed by atoms with Crippen molar-refractivity contribution in [2.24, 2.45) is 0 Å². The summed E-state index contributed by atoms with van der Waals surface area (Å²) in [5.74, 6) is 0.255. The number of hydrogen-bond donors (Lipinski definition) is 0. The Kier molecular flexibility index (Phi) is 3.45. The number of hydrogen-bond acceptors (Lipinski definition) is 3. The van der Waals surface area contributed by atoms with Crippen LogP contribution in [0.5, 0.6) is 5.75 Å². The van der Waals surface area contributed by atoms with Gasteiger partial charge in [-0.15, -0.1) is 0 Å². The summed E-state index contributed by atoms with van der Waals surface area (Å²) < 4.78 is 11.7. The summed E-state index contributed by atoms with van der Waals surface area (Å²) in [7, 11) is 1.33. The molecule has 4 heteroatoms. The molecule has 2 rings (SSSR count). The Balaban J connectivity index is 2.01. The molecule has 0 bridgehead atoms. The van der Waals surface area contributed by atoms with Crippen molar-refractivity contribution >= 4 is 5.97 Å². The van der Waals surface area contributed by atoms with Crippen LogP contribution in [0.25, 0.3) is 5.69 Å². The number of nitrogens with zero attached hydrogens (tertiary/aromatic N) is 1. The maximum Gasteiger partial charge on any atom is 0.343 e. The predicted octanol–water partition coefficient (Wildman–Crippen LogP) is 2.03. The van der Waals surface area contributed by atoms with E-state index in [0.29, 0.717) is 5.75 Å². The van der Waals surface area contributed by atoms with Gasteiger partial charge in [0.25, 0.3) is 0 Å². The Morgan fingerprint density at radius 1 is 1.18 bits per heavy atom. The average molecular weight is 231 g/mol. The van der Waals surface area contributed by atoms with Gasteiger partial charge in [-0.2, -0.15) is 0 Å². The summed E-state index contributed by atoms with van der Waals surface area (Å²) in [6.07, 6.45) is 3.93. The fourth-order valence-corrected chi connectivity index (χ4v) is 1.42. The summed E-state index contributed by atoms with van der Waals surface area (Å²) >= 11 is 0. The van der Waals surface area contributed by atoms with Crippen LogP contribution in [0.2, 0.25) is 0 Å². The molecule has 0 aliphatic heterocycles. The average Bonchev–Trinajstić information content (AvgIpc) is 2.90. The van der Waals surface area contributed by atoms with E-state index in [4.69, 9.17) is 4.74 Å². The number of carbonyl (C=O) groups excluding carboxylic acids is 1. The first-order valence-corrected chi connectivity index (χ1v) is 5.22. The highest BCUT2D eigenvalue weighted by Gasteiger charge is 2.01. The van der Waals surface area contributed by atoms with E-state index in [0.717, 1.165) is 5.69 Å². The summed E-state index contributed by atoms with van der Waals surface area (Å²) in [6, 6.07) is 11.4. The zero-order chi connectivity index (χ0) is 12.1. The molecule has 2 aromatic rings. The Bertz CT molecular complexity index is 474. The topological polar surface area (TPSA) is 40.5 Å². The van der Waals surface area contributed by atoms with E-state index in [1.54, 1.807) is 0 Å². The van der Waals surface area contributed by atoms with Crippen LogP contribution in [0, 0.1) is 0 Å². The highest BCUT2D eigenvalue weighted by molar-refractivity contribution is 5.70. The highest BCUT2D eigenvalue weighted by Crippen LogP contribution is 2.15. The number of rotatable bonds is 4. The minimum absolute atomic E-state index is 0.0701. The van der Waals surface area contributed by atoms with Gasteiger partial charge in [0.2, 0.25) is 0 Å². The van der Waals surface area contributed by atoms with Gasteiger partial charge >= 0.3 is 5.97 Å². The van der Waals surface area contributed by atoms with E-state index in [-0.39, 0.29) is 12.6 Å². The molecule has 0 fully saturated rings. The molecule has 0 saturated carbocycles. The Morgan fingerprint density at radius 3 is 2.41 bits per heavy atom. The molecule has 88 valence electrons. The van der Waals surface area contributed by atoms with Crippen molar-refractivity contribution in [3.8, 4) is 11.4 Å². The van der Waals surface area contributed by atoms with E-state index in [2.05, 4.69) is 4.74 Å². The van der Waals surface area contributed by atoms with Gasteiger partial charge in [0, 0.05) is 18.1 Å². The van der Waals surface area contributed by atoms with Crippen molar-refractivity contribution in [3.63, 3.8) is 0 Å². The maximum atomic E-state index is 10.9. The molecular formula is C13H13NO3. The molecule has 0 spiro atoms. The van der Waals surface area contributed by atoms with Crippen LogP contribution in [0.1, 0.15) is 0 Å². The summed E-state index contributed by atoms with van der Waals surface area (Å²) in [6.45, 7) is -0.0701. The van der Waals surface area contributed by atoms with Crippen LogP contribution < -0.4 is 4.74 Å². The van der Waals surface area contributed by atoms with Crippen LogP contribution in [0.4, 0.5) is 0 Å². The summed E-state index contributed by atoms with van der Waals surface area (Å²) in [4.78, 5) is 10.9. The molecule has 1 aromatic heterocycles. The van der Waals surface area contributed by atoms with Gasteiger partial charge < -0.3 is 14.0 Å². The van der Waals surface area contributed by atoms with Crippen molar-refractivity contribution in [2.75, 3.05) is 13.7 Å². The number of methoxy groups -OCH3 is 1. The van der Waals surface area contributed by atoms with E-state index in [9.17, 15) is 4.79 Å². The van der Waals surface area contributed by atoms with Gasteiger partial charge in [-0.25, -0.2) is 4.79 Å². The third kappa shape index (κ3) is 2.87. The lowest BCUT2D eigenvalue weighted by atomic mass is 10.3. The molecule has 4 nitrogen and oxygen atoms in total. The van der Waals surface area contributed by atoms with Crippen molar-refractivity contribution in [2.45, 2.75) is 0 Å². The molecule has 0 aliphatic carbocycles. The minimum Gasteiger partial charge on any atom is -0.482 e. The second kappa shape index (κ2) is 5.21. The highest BCUT2D eigenvalue weighted by atomic mass is 16.6. The van der Waals surface area contributed by atoms with E-state index >= 15 is 0 Å². The molecule has 0 N–H and O–H groups in total. The Morgan fingerprint density at radius 2 is 1.82 bits per heavy atom.